The molecule has 1 rings (SSSR count). The lowest BCUT2D eigenvalue weighted by atomic mass is 10.1. The van der Waals surface area contributed by atoms with Gasteiger partial charge in [-0.1, -0.05) is 0 Å². The second-order valence-electron chi connectivity index (χ2n) is 5.59. The zero-order chi connectivity index (χ0) is 24.2. The normalized spacial score (nSPS) is 12.2. The number of carboxylic acid groups (broad SMARTS) is 1. The van der Waals surface area contributed by atoms with Gasteiger partial charge in [0.05, 0.1) is 17.4 Å². The van der Waals surface area contributed by atoms with E-state index in [0.29, 0.717) is 6.42 Å². The number of carboxylic acids is 1. The van der Waals surface area contributed by atoms with Crippen molar-refractivity contribution >= 4 is 35.3 Å². The summed E-state index contributed by atoms with van der Waals surface area (Å²) in [4.78, 5) is 46.8. The molecule has 0 saturated carbocycles. The van der Waals surface area contributed by atoms with Crippen LogP contribution in [0.25, 0.3) is 0 Å². The first-order valence-electron chi connectivity index (χ1n) is 8.15. The third-order valence-electron chi connectivity index (χ3n) is 3.09. The topological polar surface area (TPSA) is 139 Å². The van der Waals surface area contributed by atoms with Crippen LogP contribution in [0.5, 0.6) is 0 Å². The molecule has 4 N–H and O–H groups in total. The summed E-state index contributed by atoms with van der Waals surface area (Å²) in [6.07, 6.45) is -6.62. The Labute approximate surface area is 175 Å². The Morgan fingerprint density at radius 3 is 2.16 bits per heavy atom. The molecule has 0 saturated heterocycles. The largest absolute Gasteiger partial charge is 0.490 e. The van der Waals surface area contributed by atoms with Crippen molar-refractivity contribution in [2.45, 2.75) is 31.2 Å². The molecule has 15 heteroatoms. The predicted molar refractivity (Wildman–Crippen MR) is 96.0 cm³/mol. The van der Waals surface area contributed by atoms with Gasteiger partial charge in [0.2, 0.25) is 11.7 Å². The highest BCUT2D eigenvalue weighted by Crippen LogP contribution is 2.19. The number of nitrogens with one attached hydrogen (secondary N) is 1. The second-order valence-corrected chi connectivity index (χ2v) is 6.69. The first-order chi connectivity index (χ1) is 14.2. The summed E-state index contributed by atoms with van der Waals surface area (Å²) in [5.74, 6) is -6.28. The molecular weight excluding hydrogens is 460 g/mol. The van der Waals surface area contributed by atoms with Crippen molar-refractivity contribution in [3.63, 3.8) is 0 Å². The number of Topliss-reactive ketones (excluding diaryl/α,β-unsaturated/α-hetero) is 1. The number of nitrogens with zero attached hydrogens (tertiary/aromatic N) is 1. The molecule has 1 aromatic rings. The van der Waals surface area contributed by atoms with E-state index < -0.39 is 47.7 Å². The van der Waals surface area contributed by atoms with E-state index >= 15 is 0 Å². The van der Waals surface area contributed by atoms with E-state index in [1.807, 2.05) is 0 Å². The maximum absolute atomic E-state index is 12.0. The molecule has 1 aromatic heterocycles. The molecule has 2 amide bonds. The molecule has 0 aliphatic carbocycles. The minimum atomic E-state index is -5.08. The number of ketones is 1. The molecule has 0 spiro atoms. The van der Waals surface area contributed by atoms with E-state index in [2.05, 4.69) is 10.3 Å². The standard InChI is InChI=1S/C14H16F3N3O3S.C2HF3O2/c15-14(16,17)11(21)8-24-6-2-4-10(18)13(23)20-12(22)9-3-1-5-19-7-9;3-2(4,5)1(6)7/h1,3,5,7,10H,2,4,6,8,18H2,(H,20,22,23);(H,6,7)/t10-;/m0./s1. The smallest absolute Gasteiger partial charge is 0.475 e. The van der Waals surface area contributed by atoms with Gasteiger partial charge in [-0.05, 0) is 30.7 Å². The van der Waals surface area contributed by atoms with Crippen LogP contribution in [0.15, 0.2) is 24.5 Å². The van der Waals surface area contributed by atoms with Gasteiger partial charge in [0.25, 0.3) is 5.91 Å². The number of amides is 2. The Morgan fingerprint density at radius 2 is 1.71 bits per heavy atom. The molecule has 1 heterocycles. The molecule has 31 heavy (non-hydrogen) atoms. The summed E-state index contributed by atoms with van der Waals surface area (Å²) in [5.41, 5.74) is 5.83. The van der Waals surface area contributed by atoms with Crippen molar-refractivity contribution in [2.75, 3.05) is 11.5 Å². The van der Waals surface area contributed by atoms with Crippen LogP contribution >= 0.6 is 11.8 Å². The fraction of sp³-hybridized carbons (Fsp3) is 0.438. The minimum absolute atomic E-state index is 0.180. The Balaban J connectivity index is 0.00000110. The maximum atomic E-state index is 12.0. The number of halogens is 6. The molecule has 8 nitrogen and oxygen atoms in total. The lowest BCUT2D eigenvalue weighted by Gasteiger charge is -2.11. The number of pyridine rings is 1. The summed E-state index contributed by atoms with van der Waals surface area (Å²) in [6.45, 7) is 0. The number of aliphatic carboxylic acids is 1. The highest BCUT2D eigenvalue weighted by atomic mass is 32.2. The number of aromatic nitrogens is 1. The van der Waals surface area contributed by atoms with E-state index in [1.54, 1.807) is 6.07 Å². The van der Waals surface area contributed by atoms with Gasteiger partial charge in [-0.3, -0.25) is 24.7 Å². The lowest BCUT2D eigenvalue weighted by Crippen LogP contribution is -2.43. The van der Waals surface area contributed by atoms with Crippen LogP contribution in [0, 0.1) is 0 Å². The van der Waals surface area contributed by atoms with Gasteiger partial charge in [-0.15, -0.1) is 0 Å². The fourth-order valence-electron chi connectivity index (χ4n) is 1.56. The average molecular weight is 477 g/mol. The quantitative estimate of drug-likeness (QED) is 0.381. The third kappa shape index (κ3) is 12.6. The summed E-state index contributed by atoms with van der Waals surface area (Å²) in [5, 5.41) is 9.25. The fourth-order valence-corrected chi connectivity index (χ4v) is 2.42. The Morgan fingerprint density at radius 1 is 1.13 bits per heavy atom. The Bertz CT molecular complexity index is 758. The molecular formula is C16H17F6N3O5S. The van der Waals surface area contributed by atoms with E-state index in [0.717, 1.165) is 11.8 Å². The number of rotatable bonds is 8. The first kappa shape index (κ1) is 28.3. The zero-order valence-corrected chi connectivity index (χ0v) is 16.3. The summed E-state index contributed by atoms with van der Waals surface area (Å²) < 4.78 is 67.7. The second kappa shape index (κ2) is 12.9. The molecule has 174 valence electrons. The van der Waals surface area contributed by atoms with Crippen LogP contribution in [0.4, 0.5) is 26.3 Å². The maximum Gasteiger partial charge on any atom is 0.490 e. The van der Waals surface area contributed by atoms with E-state index in [1.165, 1.54) is 18.5 Å². The predicted octanol–water partition coefficient (Wildman–Crippen LogP) is 1.94. The van der Waals surface area contributed by atoms with Gasteiger partial charge < -0.3 is 10.8 Å². The summed E-state index contributed by atoms with van der Waals surface area (Å²) in [7, 11) is 0. The number of alkyl halides is 6. The van der Waals surface area contributed by atoms with E-state index in [9.17, 15) is 40.7 Å². The number of imide groups is 1. The molecule has 0 bridgehead atoms. The van der Waals surface area contributed by atoms with Crippen LogP contribution in [0.3, 0.4) is 0 Å². The van der Waals surface area contributed by atoms with Crippen molar-refractivity contribution < 1.29 is 50.6 Å². The lowest BCUT2D eigenvalue weighted by molar-refractivity contribution is -0.192. The molecule has 0 unspecified atom stereocenters. The molecule has 0 aliphatic heterocycles. The number of hydrogen-bond acceptors (Lipinski definition) is 7. The summed E-state index contributed by atoms with van der Waals surface area (Å²) in [6, 6.07) is 2.05. The van der Waals surface area contributed by atoms with Crippen molar-refractivity contribution in [3.05, 3.63) is 30.1 Å². The van der Waals surface area contributed by atoms with E-state index in [4.69, 9.17) is 15.6 Å². The van der Waals surface area contributed by atoms with Crippen molar-refractivity contribution in [1.82, 2.24) is 10.3 Å². The van der Waals surface area contributed by atoms with Gasteiger partial charge >= 0.3 is 18.3 Å². The third-order valence-corrected chi connectivity index (χ3v) is 4.14. The van der Waals surface area contributed by atoms with Crippen LogP contribution in [0.2, 0.25) is 0 Å². The highest BCUT2D eigenvalue weighted by Gasteiger charge is 2.38. The van der Waals surface area contributed by atoms with Gasteiger partial charge in [-0.25, -0.2) is 4.79 Å². The average Bonchev–Trinajstić information content (AvgIpc) is 2.66. The van der Waals surface area contributed by atoms with Crippen LogP contribution < -0.4 is 11.1 Å². The Kier molecular flexibility index (Phi) is 11.8. The Hall–Kier alpha value is -2.68. The van der Waals surface area contributed by atoms with Gasteiger partial charge in [0, 0.05) is 12.4 Å². The van der Waals surface area contributed by atoms with Crippen molar-refractivity contribution in [3.8, 4) is 0 Å². The van der Waals surface area contributed by atoms with Crippen LogP contribution in [0.1, 0.15) is 23.2 Å². The van der Waals surface area contributed by atoms with Gasteiger partial charge in [0.15, 0.2) is 0 Å². The minimum Gasteiger partial charge on any atom is -0.475 e. The molecule has 0 fully saturated rings. The molecule has 0 aliphatic rings. The monoisotopic (exact) mass is 477 g/mol. The van der Waals surface area contributed by atoms with Crippen molar-refractivity contribution in [2.24, 2.45) is 5.73 Å². The summed E-state index contributed by atoms with van der Waals surface area (Å²) >= 11 is 0.821. The van der Waals surface area contributed by atoms with Gasteiger partial charge in [0.1, 0.15) is 0 Å². The van der Waals surface area contributed by atoms with Crippen molar-refractivity contribution in [1.29, 1.82) is 0 Å². The number of hydrogen-bond donors (Lipinski definition) is 3. The highest BCUT2D eigenvalue weighted by molar-refractivity contribution is 7.99. The van der Waals surface area contributed by atoms with Crippen LogP contribution in [-0.4, -0.2) is 63.6 Å². The SMILES string of the molecule is N[C@@H](CCCSCC(=O)C(F)(F)F)C(=O)NC(=O)c1cccnc1.O=C(O)C(F)(F)F. The molecule has 0 aromatic carbocycles. The van der Waals surface area contributed by atoms with Gasteiger partial charge in [-0.2, -0.15) is 38.1 Å². The zero-order valence-electron chi connectivity index (χ0n) is 15.5. The van der Waals surface area contributed by atoms with Crippen LogP contribution in [-0.2, 0) is 14.4 Å². The molecule has 1 atom stereocenters. The van der Waals surface area contributed by atoms with E-state index in [-0.39, 0.29) is 17.7 Å². The number of nitrogens with two attached hydrogens (primary N) is 1. The number of carbonyl (C=O) groups is 4. The number of carbonyl (C=O) groups excluding carboxylic acids is 3. The number of thioether (sulfide) groups is 1. The first-order valence-corrected chi connectivity index (χ1v) is 9.30. The molecule has 0 radical (unpaired) electrons.